The SMILES string of the molecule is CC(C)C(NC(=O)C1CNCCO1)C(N)=O.Cl. The zero-order valence-electron chi connectivity index (χ0n) is 10.1. The van der Waals surface area contributed by atoms with Crippen LogP contribution in [0.5, 0.6) is 0 Å². The lowest BCUT2D eigenvalue weighted by molar-refractivity contribution is -0.137. The van der Waals surface area contributed by atoms with Crippen LogP contribution in [0.2, 0.25) is 0 Å². The second-order valence-corrected chi connectivity index (χ2v) is 4.20. The van der Waals surface area contributed by atoms with Gasteiger partial charge in [0, 0.05) is 13.1 Å². The molecule has 2 unspecified atom stereocenters. The highest BCUT2D eigenvalue weighted by atomic mass is 35.5. The molecule has 7 heteroatoms. The Labute approximate surface area is 107 Å². The van der Waals surface area contributed by atoms with E-state index in [0.717, 1.165) is 6.54 Å². The van der Waals surface area contributed by atoms with Gasteiger partial charge in [-0.2, -0.15) is 0 Å². The van der Waals surface area contributed by atoms with Crippen LogP contribution in [-0.4, -0.2) is 43.7 Å². The van der Waals surface area contributed by atoms with Crippen molar-refractivity contribution in [3.8, 4) is 0 Å². The highest BCUT2D eigenvalue weighted by Crippen LogP contribution is 2.03. The molecular weight excluding hydrogens is 246 g/mol. The summed E-state index contributed by atoms with van der Waals surface area (Å²) in [7, 11) is 0. The van der Waals surface area contributed by atoms with Gasteiger partial charge >= 0.3 is 0 Å². The molecule has 1 heterocycles. The van der Waals surface area contributed by atoms with E-state index in [9.17, 15) is 9.59 Å². The number of halogens is 1. The number of ether oxygens (including phenoxy) is 1. The van der Waals surface area contributed by atoms with E-state index in [0.29, 0.717) is 13.2 Å². The van der Waals surface area contributed by atoms with Gasteiger partial charge in [0.1, 0.15) is 12.1 Å². The molecule has 1 fully saturated rings. The Balaban J connectivity index is 0.00000256. The molecule has 17 heavy (non-hydrogen) atoms. The van der Waals surface area contributed by atoms with Crippen LogP contribution in [0.15, 0.2) is 0 Å². The Morgan fingerprint density at radius 1 is 1.47 bits per heavy atom. The minimum absolute atomic E-state index is 0. The summed E-state index contributed by atoms with van der Waals surface area (Å²) in [4.78, 5) is 22.8. The molecular formula is C10H20ClN3O3. The Kier molecular flexibility index (Phi) is 7.10. The third-order valence-electron chi connectivity index (χ3n) is 2.49. The zero-order valence-corrected chi connectivity index (χ0v) is 10.9. The molecule has 1 saturated heterocycles. The van der Waals surface area contributed by atoms with Crippen LogP contribution in [0, 0.1) is 5.92 Å². The quantitative estimate of drug-likeness (QED) is 0.609. The second-order valence-electron chi connectivity index (χ2n) is 4.20. The van der Waals surface area contributed by atoms with Crippen LogP contribution in [0.4, 0.5) is 0 Å². The summed E-state index contributed by atoms with van der Waals surface area (Å²) in [6.45, 7) is 5.37. The van der Waals surface area contributed by atoms with Crippen molar-refractivity contribution in [2.45, 2.75) is 26.0 Å². The number of nitrogens with one attached hydrogen (secondary N) is 2. The average Bonchev–Trinajstić information content (AvgIpc) is 2.25. The minimum Gasteiger partial charge on any atom is -0.368 e. The summed E-state index contributed by atoms with van der Waals surface area (Å²) in [5.41, 5.74) is 5.21. The summed E-state index contributed by atoms with van der Waals surface area (Å²) in [6.07, 6.45) is -0.533. The van der Waals surface area contributed by atoms with Gasteiger partial charge in [-0.05, 0) is 5.92 Å². The van der Waals surface area contributed by atoms with E-state index >= 15 is 0 Å². The van der Waals surface area contributed by atoms with Gasteiger partial charge in [0.05, 0.1) is 6.61 Å². The fourth-order valence-electron chi connectivity index (χ4n) is 1.55. The summed E-state index contributed by atoms with van der Waals surface area (Å²) in [6, 6.07) is -0.641. The number of rotatable bonds is 4. The van der Waals surface area contributed by atoms with Gasteiger partial charge in [0.15, 0.2) is 0 Å². The van der Waals surface area contributed by atoms with Crippen LogP contribution >= 0.6 is 12.4 Å². The third kappa shape index (κ3) is 4.89. The number of carbonyl (C=O) groups excluding carboxylic acids is 2. The van der Waals surface area contributed by atoms with Crippen molar-refractivity contribution in [3.63, 3.8) is 0 Å². The first-order valence-electron chi connectivity index (χ1n) is 5.44. The maximum atomic E-state index is 11.7. The van der Waals surface area contributed by atoms with E-state index in [-0.39, 0.29) is 24.2 Å². The molecule has 6 nitrogen and oxygen atoms in total. The van der Waals surface area contributed by atoms with Crippen LogP contribution < -0.4 is 16.4 Å². The fourth-order valence-corrected chi connectivity index (χ4v) is 1.55. The first-order chi connectivity index (χ1) is 7.52. The smallest absolute Gasteiger partial charge is 0.251 e. The normalized spacial score (nSPS) is 21.5. The predicted octanol–water partition coefficient (Wildman–Crippen LogP) is -0.977. The Morgan fingerprint density at radius 3 is 2.53 bits per heavy atom. The van der Waals surface area contributed by atoms with Crippen molar-refractivity contribution in [2.75, 3.05) is 19.7 Å². The maximum absolute atomic E-state index is 11.7. The highest BCUT2D eigenvalue weighted by molar-refractivity contribution is 5.88. The second kappa shape index (κ2) is 7.47. The molecule has 0 radical (unpaired) electrons. The maximum Gasteiger partial charge on any atom is 0.251 e. The first-order valence-corrected chi connectivity index (χ1v) is 5.44. The minimum atomic E-state index is -0.641. The van der Waals surface area contributed by atoms with Gasteiger partial charge < -0.3 is 21.1 Å². The standard InChI is InChI=1S/C10H19N3O3.ClH/c1-6(2)8(9(11)14)13-10(15)7-5-12-3-4-16-7;/h6-8,12H,3-5H2,1-2H3,(H2,11,14)(H,13,15);1H. The number of primary amides is 1. The van der Waals surface area contributed by atoms with Gasteiger partial charge in [0.2, 0.25) is 5.91 Å². The Morgan fingerprint density at radius 2 is 2.12 bits per heavy atom. The molecule has 0 aromatic heterocycles. The van der Waals surface area contributed by atoms with Crippen LogP contribution in [0.3, 0.4) is 0 Å². The molecule has 100 valence electrons. The molecule has 0 bridgehead atoms. The molecule has 1 aliphatic rings. The van der Waals surface area contributed by atoms with Gasteiger partial charge in [-0.15, -0.1) is 12.4 Å². The monoisotopic (exact) mass is 265 g/mol. The largest absolute Gasteiger partial charge is 0.368 e. The van der Waals surface area contributed by atoms with Crippen LogP contribution in [0.1, 0.15) is 13.8 Å². The van der Waals surface area contributed by atoms with E-state index in [4.69, 9.17) is 10.5 Å². The van der Waals surface area contributed by atoms with E-state index < -0.39 is 18.1 Å². The molecule has 2 atom stereocenters. The summed E-state index contributed by atoms with van der Waals surface area (Å²) >= 11 is 0. The lowest BCUT2D eigenvalue weighted by Crippen LogP contribution is -2.54. The molecule has 0 saturated carbocycles. The summed E-state index contributed by atoms with van der Waals surface area (Å²) in [5, 5.41) is 5.65. The average molecular weight is 266 g/mol. The molecule has 2 amide bonds. The third-order valence-corrected chi connectivity index (χ3v) is 2.49. The Bertz CT molecular complexity index is 268. The summed E-state index contributed by atoms with van der Waals surface area (Å²) in [5.74, 6) is -0.838. The van der Waals surface area contributed by atoms with E-state index in [1.807, 2.05) is 13.8 Å². The van der Waals surface area contributed by atoms with E-state index in [2.05, 4.69) is 10.6 Å². The van der Waals surface area contributed by atoms with Crippen LogP contribution in [0.25, 0.3) is 0 Å². The highest BCUT2D eigenvalue weighted by Gasteiger charge is 2.27. The van der Waals surface area contributed by atoms with E-state index in [1.54, 1.807) is 0 Å². The number of carbonyl (C=O) groups is 2. The molecule has 4 N–H and O–H groups in total. The lowest BCUT2D eigenvalue weighted by atomic mass is 10.0. The van der Waals surface area contributed by atoms with Crippen molar-refractivity contribution in [2.24, 2.45) is 11.7 Å². The molecule has 0 aromatic carbocycles. The summed E-state index contributed by atoms with van der Waals surface area (Å²) < 4.78 is 5.27. The van der Waals surface area contributed by atoms with Gasteiger partial charge in [0.25, 0.3) is 5.91 Å². The molecule has 0 aliphatic carbocycles. The van der Waals surface area contributed by atoms with Crippen molar-refractivity contribution >= 4 is 24.2 Å². The first kappa shape index (κ1) is 16.1. The van der Waals surface area contributed by atoms with Gasteiger partial charge in [-0.1, -0.05) is 13.8 Å². The van der Waals surface area contributed by atoms with E-state index in [1.165, 1.54) is 0 Å². The number of hydrogen-bond donors (Lipinski definition) is 3. The predicted molar refractivity (Wildman–Crippen MR) is 65.8 cm³/mol. The van der Waals surface area contributed by atoms with Crippen molar-refractivity contribution in [1.82, 2.24) is 10.6 Å². The van der Waals surface area contributed by atoms with Crippen LogP contribution in [-0.2, 0) is 14.3 Å². The Hall–Kier alpha value is -0.850. The van der Waals surface area contributed by atoms with Crippen molar-refractivity contribution in [1.29, 1.82) is 0 Å². The topological polar surface area (TPSA) is 93.4 Å². The lowest BCUT2D eigenvalue weighted by Gasteiger charge is -2.26. The van der Waals surface area contributed by atoms with Crippen molar-refractivity contribution < 1.29 is 14.3 Å². The molecule has 0 spiro atoms. The number of amides is 2. The molecule has 1 rings (SSSR count). The molecule has 0 aromatic rings. The number of morpholine rings is 1. The number of nitrogens with two attached hydrogens (primary N) is 1. The zero-order chi connectivity index (χ0) is 12.1. The molecule has 1 aliphatic heterocycles. The fraction of sp³-hybridized carbons (Fsp3) is 0.800. The van der Waals surface area contributed by atoms with Gasteiger partial charge in [-0.25, -0.2) is 0 Å². The number of hydrogen-bond acceptors (Lipinski definition) is 4. The van der Waals surface area contributed by atoms with Crippen molar-refractivity contribution in [3.05, 3.63) is 0 Å². The van der Waals surface area contributed by atoms with Gasteiger partial charge in [-0.3, -0.25) is 9.59 Å².